The molecule has 1 saturated heterocycles. The Balaban J connectivity index is 2.69. The van der Waals surface area contributed by atoms with Crippen LogP contribution >= 0.6 is 0 Å². The number of hydrogen-bond acceptors (Lipinski definition) is 4. The lowest BCUT2D eigenvalue weighted by Gasteiger charge is -2.31. The average Bonchev–Trinajstić information content (AvgIpc) is 2.67. The highest BCUT2D eigenvalue weighted by atomic mass is 16.4. The van der Waals surface area contributed by atoms with Gasteiger partial charge in [0.25, 0.3) is 5.91 Å². The van der Waals surface area contributed by atoms with Crippen LogP contribution in [0, 0.1) is 12.8 Å². The number of phenolic OH excluding ortho intramolecular Hbond substituents is 1. The minimum absolute atomic E-state index is 0.0557. The van der Waals surface area contributed by atoms with Crippen LogP contribution in [-0.4, -0.2) is 28.1 Å². The largest absolute Gasteiger partial charge is 0.508 e. The fraction of sp³-hybridized carbons (Fsp3) is 0.357. The maximum absolute atomic E-state index is 12.2. The van der Waals surface area contributed by atoms with Crippen LogP contribution in [0.3, 0.4) is 0 Å². The highest BCUT2D eigenvalue weighted by Gasteiger charge is 2.51. The molecule has 0 radical (unpaired) electrons. The molecule has 1 fully saturated rings. The molecule has 1 aliphatic rings. The molecule has 112 valence electrons. The summed E-state index contributed by atoms with van der Waals surface area (Å²) in [4.78, 5) is 34.8. The SMILES string of the molecule is Cc1cc(C2(C(C)C)NC(=O)NC2=O)c(O)cc1C(=O)O. The maximum atomic E-state index is 12.2. The van der Waals surface area contributed by atoms with Crippen molar-refractivity contribution in [3.05, 3.63) is 28.8 Å². The van der Waals surface area contributed by atoms with E-state index in [1.54, 1.807) is 20.8 Å². The van der Waals surface area contributed by atoms with E-state index in [0.717, 1.165) is 6.07 Å². The molecule has 21 heavy (non-hydrogen) atoms. The third kappa shape index (κ3) is 2.10. The van der Waals surface area contributed by atoms with Crippen molar-refractivity contribution in [2.24, 2.45) is 5.92 Å². The Labute approximate surface area is 121 Å². The Kier molecular flexibility index (Phi) is 3.36. The first-order chi connectivity index (χ1) is 9.70. The highest BCUT2D eigenvalue weighted by molar-refractivity contribution is 6.08. The molecule has 1 aliphatic heterocycles. The summed E-state index contributed by atoms with van der Waals surface area (Å²) in [5, 5.41) is 23.9. The predicted octanol–water partition coefficient (Wildman–Crippen LogP) is 1.09. The molecule has 2 rings (SSSR count). The Morgan fingerprint density at radius 1 is 1.29 bits per heavy atom. The first kappa shape index (κ1) is 14.8. The van der Waals surface area contributed by atoms with E-state index in [9.17, 15) is 19.5 Å². The third-order valence-corrected chi connectivity index (χ3v) is 3.76. The Bertz CT molecular complexity index is 653. The minimum atomic E-state index is -1.41. The summed E-state index contributed by atoms with van der Waals surface area (Å²) >= 11 is 0. The minimum Gasteiger partial charge on any atom is -0.508 e. The number of nitrogens with one attached hydrogen (secondary N) is 2. The summed E-state index contributed by atoms with van der Waals surface area (Å²) in [6.45, 7) is 5.02. The number of imide groups is 1. The number of benzene rings is 1. The van der Waals surface area contributed by atoms with Crippen molar-refractivity contribution in [3.63, 3.8) is 0 Å². The molecule has 7 nitrogen and oxygen atoms in total. The Morgan fingerprint density at radius 3 is 2.33 bits per heavy atom. The summed E-state index contributed by atoms with van der Waals surface area (Å²) in [5.41, 5.74) is -0.893. The van der Waals surface area contributed by atoms with E-state index in [4.69, 9.17) is 5.11 Å². The molecule has 0 bridgehead atoms. The summed E-state index contributed by atoms with van der Waals surface area (Å²) in [6.07, 6.45) is 0. The van der Waals surface area contributed by atoms with Gasteiger partial charge in [0.15, 0.2) is 5.54 Å². The molecule has 1 unspecified atom stereocenters. The van der Waals surface area contributed by atoms with Crippen LogP contribution in [-0.2, 0) is 10.3 Å². The molecule has 0 saturated carbocycles. The van der Waals surface area contributed by atoms with Gasteiger partial charge >= 0.3 is 12.0 Å². The first-order valence-corrected chi connectivity index (χ1v) is 6.41. The van der Waals surface area contributed by atoms with Gasteiger partial charge < -0.3 is 15.5 Å². The van der Waals surface area contributed by atoms with Gasteiger partial charge in [0.05, 0.1) is 5.56 Å². The molecule has 4 N–H and O–H groups in total. The number of hydrogen-bond donors (Lipinski definition) is 4. The summed E-state index contributed by atoms with van der Waals surface area (Å²) in [6, 6.07) is 1.87. The van der Waals surface area contributed by atoms with E-state index < -0.39 is 23.4 Å². The van der Waals surface area contributed by atoms with Crippen LogP contribution in [0.5, 0.6) is 5.75 Å². The molecule has 1 atom stereocenters. The number of carboxylic acids is 1. The lowest BCUT2D eigenvalue weighted by molar-refractivity contribution is -0.125. The number of rotatable bonds is 3. The van der Waals surface area contributed by atoms with E-state index in [0.29, 0.717) is 5.56 Å². The fourth-order valence-corrected chi connectivity index (χ4v) is 2.62. The van der Waals surface area contributed by atoms with Gasteiger partial charge in [0, 0.05) is 5.56 Å². The normalized spacial score (nSPS) is 21.3. The van der Waals surface area contributed by atoms with E-state index in [-0.39, 0.29) is 22.8 Å². The second kappa shape index (κ2) is 4.76. The van der Waals surface area contributed by atoms with Gasteiger partial charge in [-0.15, -0.1) is 0 Å². The summed E-state index contributed by atoms with van der Waals surface area (Å²) < 4.78 is 0. The van der Waals surface area contributed by atoms with Gasteiger partial charge in [0.1, 0.15) is 5.75 Å². The maximum Gasteiger partial charge on any atom is 0.336 e. The highest BCUT2D eigenvalue weighted by Crippen LogP contribution is 2.39. The number of aromatic carboxylic acids is 1. The Morgan fingerprint density at radius 2 is 1.90 bits per heavy atom. The molecule has 1 aromatic carbocycles. The van der Waals surface area contributed by atoms with Crippen LogP contribution in [0.15, 0.2) is 12.1 Å². The van der Waals surface area contributed by atoms with Crippen molar-refractivity contribution in [1.82, 2.24) is 10.6 Å². The number of aryl methyl sites for hydroxylation is 1. The number of amides is 3. The van der Waals surface area contributed by atoms with Crippen molar-refractivity contribution >= 4 is 17.9 Å². The molecule has 3 amide bonds. The topological polar surface area (TPSA) is 116 Å². The number of urea groups is 1. The van der Waals surface area contributed by atoms with Gasteiger partial charge in [-0.3, -0.25) is 10.1 Å². The predicted molar refractivity (Wildman–Crippen MR) is 73.0 cm³/mol. The first-order valence-electron chi connectivity index (χ1n) is 6.41. The molecular weight excluding hydrogens is 276 g/mol. The molecule has 0 aromatic heterocycles. The number of aromatic hydroxyl groups is 1. The van der Waals surface area contributed by atoms with Crippen LogP contribution < -0.4 is 10.6 Å². The fourth-order valence-electron chi connectivity index (χ4n) is 2.62. The van der Waals surface area contributed by atoms with E-state index in [1.807, 2.05) is 0 Å². The molecule has 7 heteroatoms. The van der Waals surface area contributed by atoms with Crippen molar-refractivity contribution < 1.29 is 24.6 Å². The second-order valence-corrected chi connectivity index (χ2v) is 5.36. The van der Waals surface area contributed by atoms with Crippen molar-refractivity contribution in [2.45, 2.75) is 26.3 Å². The molecular formula is C14H16N2O5. The van der Waals surface area contributed by atoms with Crippen LogP contribution in [0.1, 0.15) is 35.3 Å². The van der Waals surface area contributed by atoms with Crippen LogP contribution in [0.25, 0.3) is 0 Å². The second-order valence-electron chi connectivity index (χ2n) is 5.36. The van der Waals surface area contributed by atoms with Crippen molar-refractivity contribution in [3.8, 4) is 5.75 Å². The summed E-state index contributed by atoms with van der Waals surface area (Å²) in [7, 11) is 0. The lowest BCUT2D eigenvalue weighted by atomic mass is 9.78. The van der Waals surface area contributed by atoms with Crippen LogP contribution in [0.2, 0.25) is 0 Å². The zero-order chi connectivity index (χ0) is 15.9. The van der Waals surface area contributed by atoms with Crippen molar-refractivity contribution in [2.75, 3.05) is 0 Å². The monoisotopic (exact) mass is 292 g/mol. The van der Waals surface area contributed by atoms with Crippen LogP contribution in [0.4, 0.5) is 4.79 Å². The molecule has 1 aromatic rings. The zero-order valence-electron chi connectivity index (χ0n) is 11.9. The van der Waals surface area contributed by atoms with Gasteiger partial charge in [-0.1, -0.05) is 13.8 Å². The average molecular weight is 292 g/mol. The Hall–Kier alpha value is -2.57. The van der Waals surface area contributed by atoms with E-state index >= 15 is 0 Å². The number of carbonyl (C=O) groups is 3. The summed E-state index contributed by atoms with van der Waals surface area (Å²) in [5.74, 6) is -2.43. The molecule has 1 heterocycles. The zero-order valence-corrected chi connectivity index (χ0v) is 11.9. The quantitative estimate of drug-likeness (QED) is 0.622. The van der Waals surface area contributed by atoms with Gasteiger partial charge in [0.2, 0.25) is 0 Å². The smallest absolute Gasteiger partial charge is 0.336 e. The van der Waals surface area contributed by atoms with E-state index in [2.05, 4.69) is 10.6 Å². The lowest BCUT2D eigenvalue weighted by Crippen LogP contribution is -2.48. The van der Waals surface area contributed by atoms with Gasteiger partial charge in [-0.05, 0) is 30.5 Å². The number of carbonyl (C=O) groups excluding carboxylic acids is 2. The standard InChI is InChI=1S/C14H16N2O5/c1-6(2)14(12(20)15-13(21)16-14)9-4-7(3)8(11(18)19)5-10(9)17/h4-6,17H,1-3H3,(H,18,19)(H2,15,16,20,21). The van der Waals surface area contributed by atoms with Gasteiger partial charge in [-0.2, -0.15) is 0 Å². The number of phenols is 1. The third-order valence-electron chi connectivity index (χ3n) is 3.76. The van der Waals surface area contributed by atoms with Gasteiger partial charge in [-0.25, -0.2) is 9.59 Å². The molecule has 0 aliphatic carbocycles. The number of carboxylic acid groups (broad SMARTS) is 1. The molecule has 0 spiro atoms. The van der Waals surface area contributed by atoms with Crippen molar-refractivity contribution in [1.29, 1.82) is 0 Å². The van der Waals surface area contributed by atoms with E-state index in [1.165, 1.54) is 6.07 Å².